The number of hydrogen-bond donors (Lipinski definition) is 2. The number of rotatable bonds is 7. The number of amides is 1. The molecule has 0 spiro atoms. The van der Waals surface area contributed by atoms with E-state index >= 15 is 0 Å². The predicted octanol–water partition coefficient (Wildman–Crippen LogP) is 1.52. The van der Waals surface area contributed by atoms with E-state index in [-0.39, 0.29) is 11.7 Å². The number of aliphatic carboxylic acids is 1. The smallest absolute Gasteiger partial charge is 0.329 e. The Hall–Kier alpha value is -0.750. The number of thioether (sulfide) groups is 1. The first kappa shape index (κ1) is 16.3. The molecule has 0 heterocycles. The molecule has 0 saturated heterocycles. The van der Waals surface area contributed by atoms with Crippen molar-refractivity contribution >= 4 is 23.6 Å². The molecule has 19 heavy (non-hydrogen) atoms. The summed E-state index contributed by atoms with van der Waals surface area (Å²) in [5.41, 5.74) is -1.06. The summed E-state index contributed by atoms with van der Waals surface area (Å²) in [6, 6.07) is 0. The summed E-state index contributed by atoms with van der Waals surface area (Å²) in [6.45, 7) is 2.63. The molecule has 1 fully saturated rings. The van der Waals surface area contributed by atoms with E-state index in [1.54, 1.807) is 7.11 Å². The zero-order chi connectivity index (χ0) is 14.3. The Morgan fingerprint density at radius 2 is 2.26 bits per heavy atom. The van der Waals surface area contributed by atoms with Crippen molar-refractivity contribution in [3.8, 4) is 0 Å². The number of carboxylic acids is 1. The van der Waals surface area contributed by atoms with E-state index < -0.39 is 11.5 Å². The Bertz CT molecular complexity index is 324. The van der Waals surface area contributed by atoms with Crippen LogP contribution in [0.5, 0.6) is 0 Å². The van der Waals surface area contributed by atoms with Crippen LogP contribution in [0.4, 0.5) is 0 Å². The van der Waals surface area contributed by atoms with E-state index in [1.165, 1.54) is 11.8 Å². The maximum absolute atomic E-state index is 11.9. The lowest BCUT2D eigenvalue weighted by Gasteiger charge is -2.37. The highest BCUT2D eigenvalue weighted by molar-refractivity contribution is 7.99. The van der Waals surface area contributed by atoms with Gasteiger partial charge in [-0.2, -0.15) is 0 Å². The second-order valence-electron chi connectivity index (χ2n) is 5.18. The predicted molar refractivity (Wildman–Crippen MR) is 75.3 cm³/mol. The summed E-state index contributed by atoms with van der Waals surface area (Å²) in [5.74, 6) is 0.255. The average Bonchev–Trinajstić information content (AvgIpc) is 2.34. The van der Waals surface area contributed by atoms with Crippen molar-refractivity contribution in [3.63, 3.8) is 0 Å². The summed E-state index contributed by atoms with van der Waals surface area (Å²) in [7, 11) is 1.61. The topological polar surface area (TPSA) is 75.6 Å². The van der Waals surface area contributed by atoms with Crippen molar-refractivity contribution in [3.05, 3.63) is 0 Å². The van der Waals surface area contributed by atoms with E-state index in [0.717, 1.165) is 18.6 Å². The number of carbonyl (C=O) groups excluding carboxylic acids is 1. The van der Waals surface area contributed by atoms with Crippen molar-refractivity contribution in [1.82, 2.24) is 5.32 Å². The molecule has 1 rings (SSSR count). The summed E-state index contributed by atoms with van der Waals surface area (Å²) in [4.78, 5) is 23.3. The number of carbonyl (C=O) groups is 2. The van der Waals surface area contributed by atoms with Crippen LogP contribution in [0.1, 0.15) is 32.6 Å². The van der Waals surface area contributed by atoms with Crippen LogP contribution in [0.15, 0.2) is 0 Å². The van der Waals surface area contributed by atoms with Gasteiger partial charge in [0.05, 0.1) is 12.4 Å². The zero-order valence-electron chi connectivity index (χ0n) is 11.6. The third-order valence-electron chi connectivity index (χ3n) is 3.45. The molecule has 0 aromatic carbocycles. The van der Waals surface area contributed by atoms with Crippen LogP contribution in [0.3, 0.4) is 0 Å². The fourth-order valence-electron chi connectivity index (χ4n) is 2.52. The lowest BCUT2D eigenvalue weighted by atomic mass is 9.76. The Morgan fingerprint density at radius 1 is 1.53 bits per heavy atom. The van der Waals surface area contributed by atoms with Gasteiger partial charge in [-0.3, -0.25) is 4.79 Å². The van der Waals surface area contributed by atoms with Crippen LogP contribution in [0.2, 0.25) is 0 Å². The molecular weight excluding hydrogens is 266 g/mol. The molecule has 2 unspecified atom stereocenters. The van der Waals surface area contributed by atoms with Gasteiger partial charge in [0.2, 0.25) is 5.91 Å². The summed E-state index contributed by atoms with van der Waals surface area (Å²) >= 11 is 1.46. The molecule has 0 bridgehead atoms. The maximum Gasteiger partial charge on any atom is 0.329 e. The molecule has 1 aliphatic carbocycles. The van der Waals surface area contributed by atoms with Gasteiger partial charge in [0, 0.05) is 12.9 Å². The molecule has 0 radical (unpaired) electrons. The molecule has 0 aromatic heterocycles. The molecule has 1 amide bonds. The average molecular weight is 289 g/mol. The zero-order valence-corrected chi connectivity index (χ0v) is 12.4. The fraction of sp³-hybridized carbons (Fsp3) is 0.846. The van der Waals surface area contributed by atoms with Crippen LogP contribution in [-0.4, -0.2) is 47.7 Å². The van der Waals surface area contributed by atoms with E-state index in [0.29, 0.717) is 25.4 Å². The minimum atomic E-state index is -1.06. The number of hydrogen-bond acceptors (Lipinski definition) is 4. The third-order valence-corrected chi connectivity index (χ3v) is 4.37. The molecule has 2 atom stereocenters. The van der Waals surface area contributed by atoms with Crippen LogP contribution >= 0.6 is 11.8 Å². The van der Waals surface area contributed by atoms with Gasteiger partial charge < -0.3 is 15.2 Å². The second-order valence-corrected chi connectivity index (χ2v) is 6.29. The highest BCUT2D eigenvalue weighted by atomic mass is 32.2. The van der Waals surface area contributed by atoms with Gasteiger partial charge in [-0.1, -0.05) is 19.8 Å². The maximum atomic E-state index is 11.9. The van der Waals surface area contributed by atoms with Gasteiger partial charge in [0.25, 0.3) is 0 Å². The first-order valence-corrected chi connectivity index (χ1v) is 7.77. The van der Waals surface area contributed by atoms with E-state index in [9.17, 15) is 14.7 Å². The molecule has 2 N–H and O–H groups in total. The first-order chi connectivity index (χ1) is 9.00. The number of ether oxygens (including phenoxy) is 1. The largest absolute Gasteiger partial charge is 0.480 e. The molecule has 6 heteroatoms. The third kappa shape index (κ3) is 5.03. The van der Waals surface area contributed by atoms with Crippen LogP contribution < -0.4 is 5.32 Å². The van der Waals surface area contributed by atoms with E-state index in [1.807, 2.05) is 6.92 Å². The van der Waals surface area contributed by atoms with E-state index in [4.69, 9.17) is 4.74 Å². The van der Waals surface area contributed by atoms with Crippen molar-refractivity contribution in [2.45, 2.75) is 38.1 Å². The molecule has 0 aromatic rings. The normalized spacial score (nSPS) is 26.9. The first-order valence-electron chi connectivity index (χ1n) is 6.61. The van der Waals surface area contributed by atoms with Crippen molar-refractivity contribution in [2.24, 2.45) is 5.92 Å². The Morgan fingerprint density at radius 3 is 2.84 bits per heavy atom. The quantitative estimate of drug-likeness (QED) is 0.695. The van der Waals surface area contributed by atoms with Gasteiger partial charge in [0.15, 0.2) is 0 Å². The van der Waals surface area contributed by atoms with Crippen LogP contribution in [-0.2, 0) is 14.3 Å². The van der Waals surface area contributed by atoms with Crippen molar-refractivity contribution < 1.29 is 19.4 Å². The van der Waals surface area contributed by atoms with E-state index in [2.05, 4.69) is 5.32 Å². The Balaban J connectivity index is 2.49. The second kappa shape index (κ2) is 7.75. The SMILES string of the molecule is COCCSCC(=O)NC1(C(=O)O)CCCC(C)C1. The number of methoxy groups -OCH3 is 1. The van der Waals surface area contributed by atoms with Crippen molar-refractivity contribution in [1.29, 1.82) is 0 Å². The Kier molecular flexibility index (Phi) is 6.65. The molecular formula is C13H23NO4S. The van der Waals surface area contributed by atoms with Gasteiger partial charge >= 0.3 is 5.97 Å². The summed E-state index contributed by atoms with van der Waals surface area (Å²) in [5, 5.41) is 12.2. The number of nitrogens with one attached hydrogen (secondary N) is 1. The van der Waals surface area contributed by atoms with Crippen LogP contribution in [0, 0.1) is 5.92 Å². The van der Waals surface area contributed by atoms with Gasteiger partial charge in [0.1, 0.15) is 5.54 Å². The fourth-order valence-corrected chi connectivity index (χ4v) is 3.21. The standard InChI is InChI=1S/C13H23NO4S/c1-10-4-3-5-13(8-10,12(16)17)14-11(15)9-19-7-6-18-2/h10H,3-9H2,1-2H3,(H,14,15)(H,16,17). The van der Waals surface area contributed by atoms with Crippen LogP contribution in [0.25, 0.3) is 0 Å². The lowest BCUT2D eigenvalue weighted by Crippen LogP contribution is -2.57. The molecule has 1 saturated carbocycles. The summed E-state index contributed by atoms with van der Waals surface area (Å²) < 4.78 is 4.90. The summed E-state index contributed by atoms with van der Waals surface area (Å²) in [6.07, 6.45) is 2.94. The molecule has 5 nitrogen and oxygen atoms in total. The minimum absolute atomic E-state index is 0.197. The molecule has 1 aliphatic rings. The minimum Gasteiger partial charge on any atom is -0.480 e. The number of carboxylic acid groups (broad SMARTS) is 1. The molecule has 0 aliphatic heterocycles. The lowest BCUT2D eigenvalue weighted by molar-refractivity contribution is -0.149. The highest BCUT2D eigenvalue weighted by Gasteiger charge is 2.42. The highest BCUT2D eigenvalue weighted by Crippen LogP contribution is 2.32. The Labute approximate surface area is 118 Å². The van der Waals surface area contributed by atoms with Gasteiger partial charge in [-0.25, -0.2) is 4.79 Å². The monoisotopic (exact) mass is 289 g/mol. The van der Waals surface area contributed by atoms with Gasteiger partial charge in [-0.15, -0.1) is 11.8 Å². The van der Waals surface area contributed by atoms with Gasteiger partial charge in [-0.05, 0) is 18.8 Å². The molecule has 110 valence electrons. The van der Waals surface area contributed by atoms with Crippen molar-refractivity contribution in [2.75, 3.05) is 25.2 Å².